The number of aliphatic hydroxyl groups is 1. The van der Waals surface area contributed by atoms with Crippen LogP contribution in [0.25, 0.3) is 0 Å². The summed E-state index contributed by atoms with van der Waals surface area (Å²) in [6.07, 6.45) is 2.93. The molecule has 0 spiro atoms. The summed E-state index contributed by atoms with van der Waals surface area (Å²) < 4.78 is 0. The average Bonchev–Trinajstić information content (AvgIpc) is 2.21. The molecular formula is C10H23N3O3. The summed E-state index contributed by atoms with van der Waals surface area (Å²) in [6, 6.07) is -0.743. The number of hydrogen-bond donors (Lipinski definition) is 5. The van der Waals surface area contributed by atoms with Crippen molar-refractivity contribution in [1.29, 1.82) is 0 Å². The molecular weight excluding hydrogens is 210 g/mol. The predicted molar refractivity (Wildman–Crippen MR) is 61.8 cm³/mol. The fourth-order valence-electron chi connectivity index (χ4n) is 1.30. The third-order valence-electron chi connectivity index (χ3n) is 2.29. The van der Waals surface area contributed by atoms with Gasteiger partial charge in [0.15, 0.2) is 0 Å². The Labute approximate surface area is 96.0 Å². The lowest BCUT2D eigenvalue weighted by molar-refractivity contribution is -0.138. The fraction of sp³-hybridized carbons (Fsp3) is 0.900. The maximum Gasteiger partial charge on any atom is 0.320 e. The first-order valence-corrected chi connectivity index (χ1v) is 5.66. The molecule has 0 bridgehead atoms. The van der Waals surface area contributed by atoms with E-state index >= 15 is 0 Å². The maximum absolute atomic E-state index is 10.4. The van der Waals surface area contributed by atoms with E-state index in [9.17, 15) is 4.79 Å². The van der Waals surface area contributed by atoms with Crippen LogP contribution >= 0.6 is 0 Å². The van der Waals surface area contributed by atoms with Gasteiger partial charge >= 0.3 is 5.97 Å². The van der Waals surface area contributed by atoms with E-state index in [0.717, 1.165) is 32.4 Å². The van der Waals surface area contributed by atoms with Crippen LogP contribution in [0.4, 0.5) is 0 Å². The molecule has 0 fully saturated rings. The summed E-state index contributed by atoms with van der Waals surface area (Å²) in [4.78, 5) is 10.4. The van der Waals surface area contributed by atoms with Gasteiger partial charge in [-0.3, -0.25) is 4.79 Å². The van der Waals surface area contributed by atoms with E-state index in [0.29, 0.717) is 12.8 Å². The van der Waals surface area contributed by atoms with Crippen LogP contribution in [0.5, 0.6) is 0 Å². The second-order valence-corrected chi connectivity index (χ2v) is 3.90. The standard InChI is InChI=1S/C10H23N3O3/c11-8(10(15)16)4-1-2-6-13-7-3-5-9(12)14/h8-9,13-14H,1-7,11-12H2,(H,15,16)/t8-,9?/m0/s1. The largest absolute Gasteiger partial charge is 0.480 e. The molecule has 0 aliphatic carbocycles. The van der Waals surface area contributed by atoms with E-state index in [1.807, 2.05) is 0 Å². The molecule has 0 saturated heterocycles. The molecule has 0 aliphatic rings. The van der Waals surface area contributed by atoms with Crippen LogP contribution in [-0.2, 0) is 4.79 Å². The first-order valence-electron chi connectivity index (χ1n) is 5.66. The lowest BCUT2D eigenvalue weighted by atomic mass is 10.1. The number of carbonyl (C=O) groups is 1. The third-order valence-corrected chi connectivity index (χ3v) is 2.29. The second kappa shape index (κ2) is 9.53. The Kier molecular flexibility index (Phi) is 9.12. The smallest absolute Gasteiger partial charge is 0.320 e. The molecule has 16 heavy (non-hydrogen) atoms. The van der Waals surface area contributed by atoms with Crippen LogP contribution in [0.2, 0.25) is 0 Å². The van der Waals surface area contributed by atoms with Gasteiger partial charge in [0.05, 0.1) is 0 Å². The van der Waals surface area contributed by atoms with Crippen LogP contribution in [0, 0.1) is 0 Å². The van der Waals surface area contributed by atoms with Gasteiger partial charge in [-0.25, -0.2) is 0 Å². The SMILES string of the molecule is NC(O)CCCNCCCC[C@H](N)C(=O)O. The zero-order chi connectivity index (χ0) is 12.4. The van der Waals surface area contributed by atoms with Crippen molar-refractivity contribution >= 4 is 5.97 Å². The maximum atomic E-state index is 10.4. The van der Waals surface area contributed by atoms with Crippen LogP contribution in [0.15, 0.2) is 0 Å². The normalized spacial score (nSPS) is 14.7. The van der Waals surface area contributed by atoms with E-state index in [1.54, 1.807) is 0 Å². The minimum Gasteiger partial charge on any atom is -0.480 e. The summed E-state index contributed by atoms with van der Waals surface area (Å²) >= 11 is 0. The Bertz CT molecular complexity index is 188. The molecule has 0 heterocycles. The molecule has 1 unspecified atom stereocenters. The topological polar surface area (TPSA) is 122 Å². The predicted octanol–water partition coefficient (Wildman–Crippen LogP) is -0.784. The van der Waals surface area contributed by atoms with Crippen molar-refractivity contribution in [3.8, 4) is 0 Å². The summed E-state index contributed by atoms with van der Waals surface area (Å²) in [5.74, 6) is -0.940. The Morgan fingerprint density at radius 2 is 1.75 bits per heavy atom. The summed E-state index contributed by atoms with van der Waals surface area (Å²) in [5, 5.41) is 20.5. The number of nitrogens with one attached hydrogen (secondary N) is 1. The molecule has 96 valence electrons. The van der Waals surface area contributed by atoms with Crippen molar-refractivity contribution < 1.29 is 15.0 Å². The Balaban J connectivity index is 3.13. The number of nitrogens with two attached hydrogens (primary N) is 2. The number of rotatable bonds is 10. The van der Waals surface area contributed by atoms with Crippen molar-refractivity contribution in [1.82, 2.24) is 5.32 Å². The summed E-state index contributed by atoms with van der Waals surface area (Å²) in [5.41, 5.74) is 10.5. The highest BCUT2D eigenvalue weighted by Crippen LogP contribution is 1.98. The van der Waals surface area contributed by atoms with Gasteiger partial charge in [-0.2, -0.15) is 0 Å². The number of carboxylic acids is 1. The first kappa shape index (κ1) is 15.3. The molecule has 0 rings (SSSR count). The number of aliphatic carboxylic acids is 1. The Morgan fingerprint density at radius 3 is 2.31 bits per heavy atom. The van der Waals surface area contributed by atoms with Crippen molar-refractivity contribution in [2.45, 2.75) is 44.4 Å². The zero-order valence-corrected chi connectivity index (χ0v) is 9.56. The van der Waals surface area contributed by atoms with Crippen molar-refractivity contribution in [3.63, 3.8) is 0 Å². The average molecular weight is 233 g/mol. The van der Waals surface area contributed by atoms with Crippen LogP contribution in [-0.4, -0.2) is 41.5 Å². The van der Waals surface area contributed by atoms with Gasteiger partial charge in [-0.05, 0) is 38.8 Å². The van der Waals surface area contributed by atoms with Gasteiger partial charge in [0, 0.05) is 0 Å². The second-order valence-electron chi connectivity index (χ2n) is 3.90. The quantitative estimate of drug-likeness (QED) is 0.249. The monoisotopic (exact) mass is 233 g/mol. The van der Waals surface area contributed by atoms with E-state index < -0.39 is 18.2 Å². The molecule has 0 aromatic rings. The highest BCUT2D eigenvalue weighted by molar-refractivity contribution is 5.72. The molecule has 6 nitrogen and oxygen atoms in total. The first-order chi connectivity index (χ1) is 7.54. The number of carboxylic acid groups (broad SMARTS) is 1. The lowest BCUT2D eigenvalue weighted by Crippen LogP contribution is -2.30. The van der Waals surface area contributed by atoms with Gasteiger partial charge in [0.2, 0.25) is 0 Å². The van der Waals surface area contributed by atoms with Gasteiger partial charge in [-0.1, -0.05) is 6.42 Å². The van der Waals surface area contributed by atoms with Crippen molar-refractivity contribution in [2.75, 3.05) is 13.1 Å². The molecule has 0 aromatic carbocycles. The van der Waals surface area contributed by atoms with Gasteiger partial charge < -0.3 is 27.0 Å². The number of aliphatic hydroxyl groups excluding tert-OH is 1. The molecule has 0 saturated carbocycles. The molecule has 6 heteroatoms. The van der Waals surface area contributed by atoms with Crippen molar-refractivity contribution in [3.05, 3.63) is 0 Å². The minimum atomic E-state index is -0.940. The highest BCUT2D eigenvalue weighted by atomic mass is 16.4. The molecule has 0 radical (unpaired) electrons. The lowest BCUT2D eigenvalue weighted by Gasteiger charge is -2.07. The minimum absolute atomic E-state index is 0.512. The van der Waals surface area contributed by atoms with Gasteiger partial charge in [-0.15, -0.1) is 0 Å². The highest BCUT2D eigenvalue weighted by Gasteiger charge is 2.09. The third kappa shape index (κ3) is 9.85. The summed E-state index contributed by atoms with van der Waals surface area (Å²) in [7, 11) is 0. The van der Waals surface area contributed by atoms with Gasteiger partial charge in [0.25, 0.3) is 0 Å². The Morgan fingerprint density at radius 1 is 1.12 bits per heavy atom. The van der Waals surface area contributed by atoms with E-state index in [2.05, 4.69) is 5.32 Å². The van der Waals surface area contributed by atoms with E-state index in [4.69, 9.17) is 21.7 Å². The molecule has 7 N–H and O–H groups in total. The molecule has 0 aromatic heterocycles. The van der Waals surface area contributed by atoms with Gasteiger partial charge in [0.1, 0.15) is 12.3 Å². The number of unbranched alkanes of at least 4 members (excludes halogenated alkanes) is 1. The zero-order valence-electron chi connectivity index (χ0n) is 9.56. The van der Waals surface area contributed by atoms with E-state index in [-0.39, 0.29) is 0 Å². The molecule has 0 amide bonds. The van der Waals surface area contributed by atoms with Crippen LogP contribution in [0.3, 0.4) is 0 Å². The van der Waals surface area contributed by atoms with E-state index in [1.165, 1.54) is 0 Å². The number of hydrogen-bond acceptors (Lipinski definition) is 5. The van der Waals surface area contributed by atoms with Crippen LogP contribution in [0.1, 0.15) is 32.1 Å². The summed E-state index contributed by atoms with van der Waals surface area (Å²) in [6.45, 7) is 1.66. The fourth-order valence-corrected chi connectivity index (χ4v) is 1.30. The molecule has 2 atom stereocenters. The Hall–Kier alpha value is -0.690. The molecule has 0 aliphatic heterocycles. The van der Waals surface area contributed by atoms with Crippen LogP contribution < -0.4 is 16.8 Å². The van der Waals surface area contributed by atoms with Crippen molar-refractivity contribution in [2.24, 2.45) is 11.5 Å².